The Hall–Kier alpha value is -2.09. The van der Waals surface area contributed by atoms with Crippen LogP contribution in [-0.2, 0) is 0 Å². The number of ether oxygens (including phenoxy) is 1. The third kappa shape index (κ3) is 4.75. The Morgan fingerprint density at radius 2 is 1.88 bits per heavy atom. The smallest absolute Gasteiger partial charge is 0.188 e. The molecule has 6 nitrogen and oxygen atoms in total. The molecule has 138 valence electrons. The van der Waals surface area contributed by atoms with Crippen molar-refractivity contribution in [3.8, 4) is 11.5 Å². The molecule has 3 rings (SSSR count). The van der Waals surface area contributed by atoms with Gasteiger partial charge in [0.1, 0.15) is 11.5 Å². The zero-order valence-corrected chi connectivity index (χ0v) is 16.1. The van der Waals surface area contributed by atoms with E-state index in [0.717, 1.165) is 42.4 Å². The van der Waals surface area contributed by atoms with E-state index in [1.165, 1.54) is 0 Å². The van der Waals surface area contributed by atoms with E-state index in [9.17, 15) is 0 Å². The van der Waals surface area contributed by atoms with Gasteiger partial charge in [0.05, 0.1) is 4.90 Å². The van der Waals surface area contributed by atoms with Gasteiger partial charge in [0.25, 0.3) is 0 Å². The van der Waals surface area contributed by atoms with Crippen LogP contribution in [0.4, 0.5) is 5.69 Å². The number of halogens is 1. The Morgan fingerprint density at radius 1 is 1.15 bits per heavy atom. The van der Waals surface area contributed by atoms with E-state index >= 15 is 0 Å². The highest BCUT2D eigenvalue weighted by molar-refractivity contribution is 7.97. The van der Waals surface area contributed by atoms with Gasteiger partial charge in [-0.05, 0) is 60.8 Å². The standard InChI is InChI=1S/C18H22ClN5OS/c1-12-8-13(19)10-15(9-12)25-16-3-2-14(20)11-17(16)26-24-6-4-23(5-7-24)18(21)22/h2-3,8-11H,4-7,20H2,1H3,(H3,21,22). The van der Waals surface area contributed by atoms with Gasteiger partial charge in [0.2, 0.25) is 0 Å². The van der Waals surface area contributed by atoms with Crippen molar-refractivity contribution in [2.45, 2.75) is 11.8 Å². The normalized spacial score (nSPS) is 15.1. The lowest BCUT2D eigenvalue weighted by Crippen LogP contribution is -2.48. The monoisotopic (exact) mass is 391 g/mol. The number of nitrogens with two attached hydrogens (primary N) is 2. The first-order valence-corrected chi connectivity index (χ1v) is 9.42. The van der Waals surface area contributed by atoms with Gasteiger partial charge in [-0.25, -0.2) is 4.31 Å². The molecule has 2 aromatic rings. The summed E-state index contributed by atoms with van der Waals surface area (Å²) in [5, 5.41) is 8.17. The van der Waals surface area contributed by atoms with Crippen LogP contribution in [0.3, 0.4) is 0 Å². The number of aryl methyl sites for hydroxylation is 1. The number of nitrogen functional groups attached to an aromatic ring is 1. The summed E-state index contributed by atoms with van der Waals surface area (Å²) in [6.07, 6.45) is 0. The SMILES string of the molecule is Cc1cc(Cl)cc(Oc2ccc(N)cc2SN2CCN(C(=N)N)CC2)c1. The van der Waals surface area contributed by atoms with Crippen LogP contribution < -0.4 is 16.2 Å². The fourth-order valence-electron chi connectivity index (χ4n) is 2.73. The summed E-state index contributed by atoms with van der Waals surface area (Å²) in [5.41, 5.74) is 13.3. The Labute approximate surface area is 162 Å². The molecule has 26 heavy (non-hydrogen) atoms. The van der Waals surface area contributed by atoms with E-state index in [1.807, 2.05) is 42.2 Å². The van der Waals surface area contributed by atoms with E-state index in [1.54, 1.807) is 18.0 Å². The summed E-state index contributed by atoms with van der Waals surface area (Å²) in [6, 6.07) is 11.2. The van der Waals surface area contributed by atoms with Crippen molar-refractivity contribution in [3.05, 3.63) is 47.0 Å². The molecule has 1 heterocycles. The van der Waals surface area contributed by atoms with Crippen molar-refractivity contribution < 1.29 is 4.74 Å². The number of anilines is 1. The number of nitrogens with zero attached hydrogens (tertiary/aromatic N) is 2. The molecule has 0 atom stereocenters. The molecule has 0 aromatic heterocycles. The molecule has 1 fully saturated rings. The average Bonchev–Trinajstić information content (AvgIpc) is 2.57. The van der Waals surface area contributed by atoms with Crippen molar-refractivity contribution in [2.24, 2.45) is 5.73 Å². The highest BCUT2D eigenvalue weighted by atomic mass is 35.5. The Morgan fingerprint density at radius 3 is 2.54 bits per heavy atom. The van der Waals surface area contributed by atoms with Gasteiger partial charge in [0, 0.05) is 36.9 Å². The molecule has 5 N–H and O–H groups in total. The highest BCUT2D eigenvalue weighted by Crippen LogP contribution is 2.37. The van der Waals surface area contributed by atoms with E-state index in [-0.39, 0.29) is 5.96 Å². The maximum Gasteiger partial charge on any atom is 0.188 e. The number of nitrogens with one attached hydrogen (secondary N) is 1. The quantitative estimate of drug-likeness (QED) is 0.319. The van der Waals surface area contributed by atoms with Gasteiger partial charge in [-0.2, -0.15) is 0 Å². The van der Waals surface area contributed by atoms with Crippen LogP contribution in [-0.4, -0.2) is 41.3 Å². The first kappa shape index (κ1) is 18.7. The zero-order chi connectivity index (χ0) is 18.7. The number of benzene rings is 2. The molecule has 0 saturated carbocycles. The van der Waals surface area contributed by atoms with Gasteiger partial charge in [-0.3, -0.25) is 5.41 Å². The highest BCUT2D eigenvalue weighted by Gasteiger charge is 2.20. The average molecular weight is 392 g/mol. The van der Waals surface area contributed by atoms with E-state index < -0.39 is 0 Å². The van der Waals surface area contributed by atoms with Crippen LogP contribution >= 0.6 is 23.5 Å². The van der Waals surface area contributed by atoms with Crippen LogP contribution in [0.2, 0.25) is 5.02 Å². The minimum atomic E-state index is 0.124. The van der Waals surface area contributed by atoms with Crippen LogP contribution in [0.1, 0.15) is 5.56 Å². The molecule has 0 amide bonds. The van der Waals surface area contributed by atoms with Gasteiger partial charge in [0.15, 0.2) is 5.96 Å². The Bertz CT molecular complexity index is 788. The van der Waals surface area contributed by atoms with Crippen molar-refractivity contribution in [1.29, 1.82) is 5.41 Å². The molecule has 0 aliphatic carbocycles. The third-order valence-corrected chi connectivity index (χ3v) is 5.38. The summed E-state index contributed by atoms with van der Waals surface area (Å²) in [4.78, 5) is 2.81. The Balaban J connectivity index is 1.75. The lowest BCUT2D eigenvalue weighted by Gasteiger charge is -2.34. The molecule has 0 spiro atoms. The summed E-state index contributed by atoms with van der Waals surface area (Å²) < 4.78 is 8.30. The summed E-state index contributed by atoms with van der Waals surface area (Å²) in [6.45, 7) is 5.04. The molecule has 0 unspecified atom stereocenters. The lowest BCUT2D eigenvalue weighted by atomic mass is 10.2. The zero-order valence-electron chi connectivity index (χ0n) is 14.5. The second-order valence-corrected chi connectivity index (χ2v) is 7.74. The number of hydrogen-bond donors (Lipinski definition) is 3. The Kier molecular flexibility index (Phi) is 5.80. The molecule has 1 aliphatic rings. The van der Waals surface area contributed by atoms with Gasteiger partial charge in [-0.1, -0.05) is 11.6 Å². The fourth-order valence-corrected chi connectivity index (χ4v) is 4.02. The van der Waals surface area contributed by atoms with E-state index in [4.69, 9.17) is 33.2 Å². The predicted molar refractivity (Wildman–Crippen MR) is 108 cm³/mol. The number of hydrogen-bond acceptors (Lipinski definition) is 5. The number of piperazine rings is 1. The van der Waals surface area contributed by atoms with Gasteiger partial charge >= 0.3 is 0 Å². The molecule has 0 bridgehead atoms. The molecule has 1 saturated heterocycles. The second-order valence-electron chi connectivity index (χ2n) is 6.17. The lowest BCUT2D eigenvalue weighted by molar-refractivity contribution is 0.278. The number of rotatable bonds is 4. The fraction of sp³-hybridized carbons (Fsp3) is 0.278. The summed E-state index contributed by atoms with van der Waals surface area (Å²) in [5.74, 6) is 1.56. The predicted octanol–water partition coefficient (Wildman–Crippen LogP) is 3.54. The van der Waals surface area contributed by atoms with Crippen LogP contribution in [0.25, 0.3) is 0 Å². The number of guanidine groups is 1. The first-order chi connectivity index (χ1) is 12.4. The minimum absolute atomic E-state index is 0.124. The van der Waals surface area contributed by atoms with E-state index in [2.05, 4.69) is 4.31 Å². The van der Waals surface area contributed by atoms with E-state index in [0.29, 0.717) is 16.5 Å². The largest absolute Gasteiger partial charge is 0.456 e. The topological polar surface area (TPSA) is 91.6 Å². The van der Waals surface area contributed by atoms with Crippen LogP contribution in [0.15, 0.2) is 41.3 Å². The van der Waals surface area contributed by atoms with Crippen molar-refractivity contribution >= 4 is 35.2 Å². The maximum atomic E-state index is 7.53. The van der Waals surface area contributed by atoms with Crippen molar-refractivity contribution in [3.63, 3.8) is 0 Å². The summed E-state index contributed by atoms with van der Waals surface area (Å²) in [7, 11) is 0. The molecular formula is C18H22ClN5OS. The molecule has 8 heteroatoms. The van der Waals surface area contributed by atoms with Crippen LogP contribution in [0, 0.1) is 12.3 Å². The van der Waals surface area contributed by atoms with Gasteiger partial charge < -0.3 is 21.1 Å². The minimum Gasteiger partial charge on any atom is -0.456 e. The third-order valence-electron chi connectivity index (χ3n) is 4.02. The summed E-state index contributed by atoms with van der Waals surface area (Å²) >= 11 is 7.73. The molecule has 2 aromatic carbocycles. The molecule has 0 radical (unpaired) electrons. The molecular weight excluding hydrogens is 370 g/mol. The first-order valence-electron chi connectivity index (χ1n) is 8.27. The van der Waals surface area contributed by atoms with Gasteiger partial charge in [-0.15, -0.1) is 0 Å². The maximum absolute atomic E-state index is 7.53. The van der Waals surface area contributed by atoms with Crippen molar-refractivity contribution in [1.82, 2.24) is 9.21 Å². The second kappa shape index (κ2) is 8.07. The van der Waals surface area contributed by atoms with Crippen molar-refractivity contribution in [2.75, 3.05) is 31.9 Å². The van der Waals surface area contributed by atoms with Crippen LogP contribution in [0.5, 0.6) is 11.5 Å². The molecule has 1 aliphatic heterocycles.